The number of carbonyl (C=O) groups is 2. The van der Waals surface area contributed by atoms with Crippen LogP contribution in [0.15, 0.2) is 41.1 Å². The van der Waals surface area contributed by atoms with Gasteiger partial charge in [0, 0.05) is 17.9 Å². The fraction of sp³-hybridized carbons (Fsp3) is 0.294. The van der Waals surface area contributed by atoms with Crippen molar-refractivity contribution < 1.29 is 14.3 Å². The molecule has 0 spiro atoms. The molecule has 0 aliphatic carbocycles. The van der Waals surface area contributed by atoms with Crippen LogP contribution in [0.25, 0.3) is 0 Å². The van der Waals surface area contributed by atoms with Crippen LogP contribution in [0, 0.1) is 0 Å². The molecule has 8 heteroatoms. The van der Waals surface area contributed by atoms with Crippen molar-refractivity contribution in [3.63, 3.8) is 0 Å². The molecule has 2 rings (SSSR count). The lowest BCUT2D eigenvalue weighted by Gasteiger charge is -2.24. The Morgan fingerprint density at radius 1 is 1.12 bits per heavy atom. The zero-order chi connectivity index (χ0) is 18.2. The number of amides is 3. The average Bonchev–Trinajstić information content (AvgIpc) is 3.10. The topological polar surface area (TPSA) is 82.7 Å². The molecule has 0 aliphatic heterocycles. The number of ether oxygens (including phenoxy) is 1. The number of urea groups is 1. The number of carbonyl (C=O) groups excluding carboxylic acids is 2. The summed E-state index contributed by atoms with van der Waals surface area (Å²) >= 11 is 1.64. The lowest BCUT2D eigenvalue weighted by molar-refractivity contribution is 0.187. The molecule has 1 aromatic carbocycles. The summed E-state index contributed by atoms with van der Waals surface area (Å²) in [6.45, 7) is 0.498. The minimum atomic E-state index is -0.540. The van der Waals surface area contributed by atoms with Gasteiger partial charge in [0.25, 0.3) is 0 Å². The zero-order valence-corrected chi connectivity index (χ0v) is 15.2. The molecule has 1 heterocycles. The molecule has 3 amide bonds. The van der Waals surface area contributed by atoms with Crippen molar-refractivity contribution >= 4 is 34.8 Å². The monoisotopic (exact) mass is 362 g/mol. The van der Waals surface area contributed by atoms with Crippen LogP contribution in [0.3, 0.4) is 0 Å². The smallest absolute Gasteiger partial charge is 0.411 e. The maximum Gasteiger partial charge on any atom is 0.411 e. The molecule has 7 nitrogen and oxygen atoms in total. The number of nitrogens with one attached hydrogen (secondary N) is 3. The summed E-state index contributed by atoms with van der Waals surface area (Å²) in [5.74, 6) is 0. The Kier molecular flexibility index (Phi) is 6.79. The summed E-state index contributed by atoms with van der Waals surface area (Å²) in [6.07, 6.45) is -0.540. The van der Waals surface area contributed by atoms with Gasteiger partial charge < -0.3 is 20.3 Å². The fourth-order valence-electron chi connectivity index (χ4n) is 2.23. The maximum atomic E-state index is 12.1. The molecule has 0 aliphatic rings. The van der Waals surface area contributed by atoms with Crippen LogP contribution >= 0.6 is 11.3 Å². The van der Waals surface area contributed by atoms with E-state index in [1.807, 2.05) is 19.5 Å². The van der Waals surface area contributed by atoms with E-state index < -0.39 is 6.09 Å². The molecule has 25 heavy (non-hydrogen) atoms. The number of benzene rings is 1. The van der Waals surface area contributed by atoms with Gasteiger partial charge in [-0.05, 0) is 60.8 Å². The number of anilines is 2. The van der Waals surface area contributed by atoms with Gasteiger partial charge in [-0.25, -0.2) is 9.59 Å². The van der Waals surface area contributed by atoms with E-state index in [1.54, 1.807) is 35.6 Å². The van der Waals surface area contributed by atoms with E-state index in [-0.39, 0.29) is 12.1 Å². The Balaban J connectivity index is 1.86. The summed E-state index contributed by atoms with van der Waals surface area (Å²) in [6, 6.07) is 8.66. The average molecular weight is 362 g/mol. The fourth-order valence-corrected chi connectivity index (χ4v) is 2.94. The van der Waals surface area contributed by atoms with Gasteiger partial charge in [0.15, 0.2) is 0 Å². The molecule has 1 atom stereocenters. The maximum absolute atomic E-state index is 12.1. The Morgan fingerprint density at radius 2 is 1.76 bits per heavy atom. The second-order valence-electron chi connectivity index (χ2n) is 5.57. The van der Waals surface area contributed by atoms with Gasteiger partial charge in [-0.1, -0.05) is 0 Å². The molecule has 0 saturated carbocycles. The van der Waals surface area contributed by atoms with Crippen molar-refractivity contribution in [1.29, 1.82) is 0 Å². The summed E-state index contributed by atoms with van der Waals surface area (Å²) in [4.78, 5) is 25.3. The van der Waals surface area contributed by atoms with Gasteiger partial charge >= 0.3 is 12.1 Å². The third-order valence-corrected chi connectivity index (χ3v) is 4.28. The van der Waals surface area contributed by atoms with Gasteiger partial charge in [-0.15, -0.1) is 0 Å². The molecular formula is C17H22N4O3S. The highest BCUT2D eigenvalue weighted by atomic mass is 32.1. The quantitative estimate of drug-likeness (QED) is 0.736. The first kappa shape index (κ1) is 18.8. The number of methoxy groups -OCH3 is 1. The van der Waals surface area contributed by atoms with Crippen LogP contribution in [0.1, 0.15) is 11.6 Å². The summed E-state index contributed by atoms with van der Waals surface area (Å²) in [7, 11) is 5.26. The second kappa shape index (κ2) is 9.05. The van der Waals surface area contributed by atoms with E-state index in [1.165, 1.54) is 12.7 Å². The van der Waals surface area contributed by atoms with Crippen molar-refractivity contribution in [3.05, 3.63) is 46.7 Å². The van der Waals surface area contributed by atoms with Gasteiger partial charge in [-0.3, -0.25) is 5.32 Å². The molecule has 1 aromatic heterocycles. The molecule has 134 valence electrons. The van der Waals surface area contributed by atoms with Gasteiger partial charge in [0.1, 0.15) is 0 Å². The minimum absolute atomic E-state index is 0.114. The molecule has 0 radical (unpaired) electrons. The lowest BCUT2D eigenvalue weighted by Crippen LogP contribution is -2.36. The van der Waals surface area contributed by atoms with E-state index in [2.05, 4.69) is 37.0 Å². The van der Waals surface area contributed by atoms with Crippen LogP contribution in [0.4, 0.5) is 21.0 Å². The van der Waals surface area contributed by atoms with Crippen LogP contribution in [0.2, 0.25) is 0 Å². The SMILES string of the molecule is COC(=O)Nc1ccc(NC(=O)NCC(c2ccsc2)N(C)C)cc1. The van der Waals surface area contributed by atoms with Crippen LogP contribution in [0.5, 0.6) is 0 Å². The highest BCUT2D eigenvalue weighted by Gasteiger charge is 2.15. The summed E-state index contributed by atoms with van der Waals surface area (Å²) < 4.78 is 4.52. The highest BCUT2D eigenvalue weighted by Crippen LogP contribution is 2.20. The number of nitrogens with zero attached hydrogens (tertiary/aromatic N) is 1. The number of hydrogen-bond acceptors (Lipinski definition) is 5. The van der Waals surface area contributed by atoms with Gasteiger partial charge in [-0.2, -0.15) is 11.3 Å². The van der Waals surface area contributed by atoms with Gasteiger partial charge in [0.05, 0.1) is 13.2 Å². The van der Waals surface area contributed by atoms with Gasteiger partial charge in [0.2, 0.25) is 0 Å². The highest BCUT2D eigenvalue weighted by molar-refractivity contribution is 7.07. The molecule has 3 N–H and O–H groups in total. The van der Waals surface area contributed by atoms with E-state index >= 15 is 0 Å². The van der Waals surface area contributed by atoms with Crippen molar-refractivity contribution in [2.45, 2.75) is 6.04 Å². The first-order valence-corrected chi connectivity index (χ1v) is 8.62. The lowest BCUT2D eigenvalue weighted by atomic mass is 10.1. The number of likely N-dealkylation sites (N-methyl/N-ethyl adjacent to an activating group) is 1. The van der Waals surface area contributed by atoms with Crippen molar-refractivity contribution in [2.24, 2.45) is 0 Å². The summed E-state index contributed by atoms with van der Waals surface area (Å²) in [5.41, 5.74) is 2.39. The predicted molar refractivity (Wildman–Crippen MR) is 100 cm³/mol. The standard InChI is InChI=1S/C17H22N4O3S/c1-21(2)15(12-8-9-25-11-12)10-18-16(22)19-13-4-6-14(7-5-13)20-17(23)24-3/h4-9,11,15H,10H2,1-3H3,(H,20,23)(H2,18,19,22). The van der Waals surface area contributed by atoms with E-state index in [4.69, 9.17) is 0 Å². The Bertz CT molecular complexity index is 686. The first-order chi connectivity index (χ1) is 12.0. The first-order valence-electron chi connectivity index (χ1n) is 7.68. The number of thiophene rings is 1. The van der Waals surface area contributed by atoms with Crippen LogP contribution < -0.4 is 16.0 Å². The van der Waals surface area contributed by atoms with Crippen molar-refractivity contribution in [3.8, 4) is 0 Å². The zero-order valence-electron chi connectivity index (χ0n) is 14.4. The third-order valence-electron chi connectivity index (χ3n) is 3.58. The molecule has 0 saturated heterocycles. The number of hydrogen-bond donors (Lipinski definition) is 3. The number of rotatable bonds is 6. The Hall–Kier alpha value is -2.58. The summed E-state index contributed by atoms with van der Waals surface area (Å²) in [5, 5.41) is 12.3. The third kappa shape index (κ3) is 5.77. The van der Waals surface area contributed by atoms with Crippen LogP contribution in [-0.2, 0) is 4.74 Å². The Morgan fingerprint density at radius 3 is 2.28 bits per heavy atom. The second-order valence-corrected chi connectivity index (χ2v) is 6.35. The minimum Gasteiger partial charge on any atom is -0.453 e. The molecule has 1 unspecified atom stereocenters. The van der Waals surface area contributed by atoms with Crippen molar-refractivity contribution in [2.75, 3.05) is 38.4 Å². The normalized spacial score (nSPS) is 11.7. The van der Waals surface area contributed by atoms with E-state index in [9.17, 15) is 9.59 Å². The van der Waals surface area contributed by atoms with Crippen LogP contribution in [-0.4, -0.2) is 44.8 Å². The van der Waals surface area contributed by atoms with E-state index in [0.29, 0.717) is 17.9 Å². The van der Waals surface area contributed by atoms with Crippen molar-refractivity contribution in [1.82, 2.24) is 10.2 Å². The molecule has 0 fully saturated rings. The molecule has 0 bridgehead atoms. The molecule has 2 aromatic rings. The largest absolute Gasteiger partial charge is 0.453 e. The molecular weight excluding hydrogens is 340 g/mol. The Labute approximate surface area is 151 Å². The predicted octanol–water partition coefficient (Wildman–Crippen LogP) is 3.35. The van der Waals surface area contributed by atoms with E-state index in [0.717, 1.165) is 0 Å².